The van der Waals surface area contributed by atoms with Crippen LogP contribution in [0.25, 0.3) is 0 Å². The molecule has 1 aliphatic heterocycles. The van der Waals surface area contributed by atoms with Gasteiger partial charge in [0.1, 0.15) is 0 Å². The molecule has 0 aliphatic carbocycles. The quantitative estimate of drug-likeness (QED) is 0.649. The summed E-state index contributed by atoms with van der Waals surface area (Å²) in [6.07, 6.45) is 0.537. The molecule has 1 unspecified atom stereocenters. The van der Waals surface area contributed by atoms with Gasteiger partial charge in [0.2, 0.25) is 0 Å². The van der Waals surface area contributed by atoms with Gasteiger partial charge in [0.25, 0.3) is 0 Å². The van der Waals surface area contributed by atoms with Crippen molar-refractivity contribution in [1.82, 2.24) is 10.2 Å². The fraction of sp³-hybridized carbons (Fsp3) is 0.750. The molecule has 0 saturated carbocycles. The van der Waals surface area contributed by atoms with E-state index in [0.717, 1.165) is 6.54 Å². The molecule has 6 heteroatoms. The van der Waals surface area contributed by atoms with Crippen molar-refractivity contribution in [2.75, 3.05) is 26.2 Å². The molecule has 2 N–H and O–H groups in total. The van der Waals surface area contributed by atoms with E-state index in [1.54, 1.807) is 0 Å². The normalized spacial score (nSPS) is 22.7. The Bertz CT molecular complexity index is 301. The van der Waals surface area contributed by atoms with Crippen molar-refractivity contribution >= 4 is 13.9 Å². The molecule has 0 radical (unpaired) electrons. The first-order valence-electron chi connectivity index (χ1n) is 4.48. The number of nitrogens with one attached hydrogen (secondary N) is 1. The molecule has 1 heterocycles. The average molecular weight is 216 g/mol. The predicted molar refractivity (Wildman–Crippen MR) is 52.0 cm³/mol. The molecule has 1 fully saturated rings. The zero-order chi connectivity index (χ0) is 10.4. The third-order valence-electron chi connectivity index (χ3n) is 2.21. The number of carboxylic acids is 1. The maximum absolute atomic E-state index is 10.8. The van der Waals surface area contributed by atoms with Gasteiger partial charge in [-0.3, -0.25) is 0 Å². The molecule has 5 nitrogen and oxygen atoms in total. The summed E-state index contributed by atoms with van der Waals surface area (Å²) in [6.45, 7) is 2.60. The van der Waals surface area contributed by atoms with Gasteiger partial charge in [0.15, 0.2) is 0 Å². The second-order valence-corrected chi connectivity index (χ2v) is 3.59. The molecule has 78 valence electrons. The summed E-state index contributed by atoms with van der Waals surface area (Å²) in [7, 11) is -0.107. The molecule has 0 aromatic carbocycles. The van der Waals surface area contributed by atoms with Crippen LogP contribution in [-0.2, 0) is 9.36 Å². The van der Waals surface area contributed by atoms with Crippen LogP contribution >= 0.6 is 7.92 Å². The number of piperazine rings is 1. The van der Waals surface area contributed by atoms with Gasteiger partial charge in [-0.05, 0) is 0 Å². The summed E-state index contributed by atoms with van der Waals surface area (Å²) in [4.78, 5) is 12.7. The minimum atomic E-state index is -0.808. The van der Waals surface area contributed by atoms with Gasteiger partial charge in [-0.15, -0.1) is 0 Å². The van der Waals surface area contributed by atoms with Crippen LogP contribution in [-0.4, -0.2) is 48.2 Å². The molecule has 1 saturated heterocycles. The number of carboxylic acid groups (broad SMARTS) is 1. The fourth-order valence-corrected chi connectivity index (χ4v) is 1.69. The molecular formula is C8H13N2O3P. The van der Waals surface area contributed by atoms with Gasteiger partial charge in [-0.1, -0.05) is 0 Å². The number of aliphatic carboxylic acids is 1. The molecular weight excluding hydrogens is 203 g/mol. The van der Waals surface area contributed by atoms with E-state index in [4.69, 9.17) is 5.11 Å². The zero-order valence-corrected chi connectivity index (χ0v) is 8.67. The van der Waals surface area contributed by atoms with Gasteiger partial charge < -0.3 is 0 Å². The van der Waals surface area contributed by atoms with Crippen LogP contribution in [0.3, 0.4) is 0 Å². The van der Waals surface area contributed by atoms with Crippen LogP contribution in [0.5, 0.6) is 0 Å². The monoisotopic (exact) mass is 216 g/mol. The van der Waals surface area contributed by atoms with Crippen LogP contribution in [0, 0.1) is 5.63 Å². The summed E-state index contributed by atoms with van der Waals surface area (Å²) in [5, 5.41) is 11.9. The number of carbonyl (C=O) groups is 1. The topological polar surface area (TPSA) is 69.6 Å². The summed E-state index contributed by atoms with van der Waals surface area (Å²) in [5.41, 5.74) is 2.62. The number of nitrogens with zero attached hydrogens (tertiary/aromatic N) is 1. The molecule has 0 amide bonds. The van der Waals surface area contributed by atoms with E-state index >= 15 is 0 Å². The number of rotatable bonds is 3. The fourth-order valence-electron chi connectivity index (χ4n) is 1.50. The summed E-state index contributed by atoms with van der Waals surface area (Å²) >= 11 is 0. The third kappa shape index (κ3) is 3.28. The summed E-state index contributed by atoms with van der Waals surface area (Å²) in [6, 6.07) is -0.464. The van der Waals surface area contributed by atoms with Crippen LogP contribution in [0.2, 0.25) is 0 Å². The molecule has 0 aromatic rings. The van der Waals surface area contributed by atoms with E-state index < -0.39 is 12.0 Å². The average Bonchev–Trinajstić information content (AvgIpc) is 2.19. The second-order valence-electron chi connectivity index (χ2n) is 3.09. The summed E-state index contributed by atoms with van der Waals surface area (Å²) in [5.74, 6) is -0.808. The first-order valence-corrected chi connectivity index (χ1v) is 5.29. The standard InChI is InChI=1S/C8H13N2O3P/c11-8(12)7-6-9-2-4-10(7)3-1-5-14-13/h7,9H,1-4,6H2,(H,11,12). The van der Waals surface area contributed by atoms with Crippen molar-refractivity contribution < 1.29 is 14.5 Å². The Labute approximate surface area is 83.6 Å². The molecule has 0 bridgehead atoms. The van der Waals surface area contributed by atoms with E-state index in [9.17, 15) is 9.36 Å². The van der Waals surface area contributed by atoms with Gasteiger partial charge in [0.05, 0.1) is 0 Å². The van der Waals surface area contributed by atoms with Gasteiger partial charge >= 0.3 is 82.8 Å². The van der Waals surface area contributed by atoms with Crippen LogP contribution in [0.1, 0.15) is 6.42 Å². The van der Waals surface area contributed by atoms with E-state index in [2.05, 4.69) is 10.9 Å². The Morgan fingerprint density at radius 2 is 2.50 bits per heavy atom. The Morgan fingerprint density at radius 1 is 1.71 bits per heavy atom. The molecule has 0 aromatic heterocycles. The first-order chi connectivity index (χ1) is 6.75. The molecule has 0 spiro atoms. The van der Waals surface area contributed by atoms with Crippen molar-refractivity contribution in [3.05, 3.63) is 0 Å². The number of hydrogen-bond donors (Lipinski definition) is 2. The van der Waals surface area contributed by atoms with E-state index in [1.165, 1.54) is 0 Å². The van der Waals surface area contributed by atoms with Crippen LogP contribution < -0.4 is 5.32 Å². The molecule has 1 rings (SSSR count). The van der Waals surface area contributed by atoms with Gasteiger partial charge in [-0.2, -0.15) is 0 Å². The maximum atomic E-state index is 10.8. The van der Waals surface area contributed by atoms with Crippen molar-refractivity contribution in [3.8, 4) is 5.63 Å². The van der Waals surface area contributed by atoms with Gasteiger partial charge in [-0.25, -0.2) is 0 Å². The van der Waals surface area contributed by atoms with Gasteiger partial charge in [0, 0.05) is 0 Å². The van der Waals surface area contributed by atoms with Crippen molar-refractivity contribution in [1.29, 1.82) is 0 Å². The van der Waals surface area contributed by atoms with Crippen molar-refractivity contribution in [2.24, 2.45) is 0 Å². The van der Waals surface area contributed by atoms with E-state index in [-0.39, 0.29) is 7.92 Å². The Balaban J connectivity index is 2.48. The SMILES string of the molecule is O=P#CCCN1CCNCC1C(=O)O. The molecule has 14 heavy (non-hydrogen) atoms. The predicted octanol–water partition coefficient (Wildman–Crippen LogP) is -0.0142. The summed E-state index contributed by atoms with van der Waals surface area (Å²) < 4.78 is 10.1. The Kier molecular flexibility index (Phi) is 4.91. The number of hydrogen-bond acceptors (Lipinski definition) is 4. The zero-order valence-electron chi connectivity index (χ0n) is 7.77. The minimum absolute atomic E-state index is 0.107. The second kappa shape index (κ2) is 5.99. The third-order valence-corrected chi connectivity index (χ3v) is 2.57. The van der Waals surface area contributed by atoms with Crippen LogP contribution in [0.15, 0.2) is 0 Å². The van der Waals surface area contributed by atoms with Crippen molar-refractivity contribution in [2.45, 2.75) is 12.5 Å². The van der Waals surface area contributed by atoms with Crippen LogP contribution in [0.4, 0.5) is 0 Å². The first kappa shape index (κ1) is 11.5. The Hall–Kier alpha value is -0.600. The molecule has 1 aliphatic rings. The van der Waals surface area contributed by atoms with Crippen molar-refractivity contribution in [3.63, 3.8) is 0 Å². The Morgan fingerprint density at radius 3 is 3.14 bits per heavy atom. The van der Waals surface area contributed by atoms with E-state index in [1.807, 2.05) is 4.90 Å². The molecule has 1 atom stereocenters. The van der Waals surface area contributed by atoms with E-state index in [0.29, 0.717) is 26.1 Å².